The normalized spacial score (nSPS) is 23.1. The molecule has 18 heteroatoms. The number of hydrogen-bond acceptors (Lipinski definition) is 10. The lowest BCUT2D eigenvalue weighted by molar-refractivity contribution is -0.144. The molecule has 0 radical (unpaired) electrons. The number of likely N-dealkylation sites (N-methyl/N-ethyl adjacent to an activating group) is 2. The van der Waals surface area contributed by atoms with E-state index in [-0.39, 0.29) is 60.3 Å². The summed E-state index contributed by atoms with van der Waals surface area (Å²) in [5, 5.41) is 24.1. The summed E-state index contributed by atoms with van der Waals surface area (Å²) in [5.74, 6) is -3.10. The standard InChI is InChI=1S/C56H86N10O8/c1-34(57-12)45(67)63-43(53(3,4)5)50(72)65-30-20-26-41(65)48(70)61-39(36-22-16-14-17-23-36)32-59-47(69)38-28-29-56(11,55(38,9)10)52(74)60-33-40(37-24-18-15-19-25-37)62-49(71)42-27-21-31-66(42)51(73)44(54(6,7)8)64-46(68)35(2)58-13/h14-19,22-25,34-35,38-44,57-58H,20-21,26-33H2,1-13H3,(H,59,69)(H,60,74)(H,61,70)(H,62,71)(H,63,67)(H,64,68)/t34-,35-,38+,39+,40+,41-,42-,43+,44+,56-/m0/s1. The Bertz CT molecular complexity index is 2320. The van der Waals surface area contributed by atoms with Crippen LogP contribution in [0.1, 0.15) is 138 Å². The molecular formula is C56H86N10O8. The van der Waals surface area contributed by atoms with Crippen LogP contribution in [-0.2, 0) is 38.4 Å². The molecule has 2 aromatic carbocycles. The summed E-state index contributed by atoms with van der Waals surface area (Å²) >= 11 is 0. The Hall–Kier alpha value is -5.88. The van der Waals surface area contributed by atoms with E-state index in [0.29, 0.717) is 51.6 Å². The SMILES string of the molecule is CN[C@@H](C)C(=O)N[C@H](C(=O)N1CCC[C@H]1C(=O)N[C@H](CNC(=O)[C@H]1CC[C@@](C)(C(=O)NC[C@@H](NC(=O)[C@@H]2CCCN2C(=O)[C@@H](NC(=O)[C@H](C)NC)C(C)(C)C)c2ccccc2)C1(C)C)c1ccccc1)C(C)(C)C. The lowest BCUT2D eigenvalue weighted by atomic mass is 9.65. The summed E-state index contributed by atoms with van der Waals surface area (Å²) in [6, 6.07) is 13.0. The van der Waals surface area contributed by atoms with E-state index in [1.807, 2.05) is 123 Å². The third-order valence-electron chi connectivity index (χ3n) is 16.2. The van der Waals surface area contributed by atoms with Crippen LogP contribution < -0.4 is 42.5 Å². The van der Waals surface area contributed by atoms with Gasteiger partial charge in [0, 0.05) is 32.1 Å². The summed E-state index contributed by atoms with van der Waals surface area (Å²) < 4.78 is 0. The van der Waals surface area contributed by atoms with Crippen molar-refractivity contribution in [2.45, 2.75) is 163 Å². The highest BCUT2D eigenvalue weighted by Crippen LogP contribution is 2.56. The van der Waals surface area contributed by atoms with Crippen LogP contribution in [0.4, 0.5) is 0 Å². The van der Waals surface area contributed by atoms with Crippen LogP contribution in [0.5, 0.6) is 0 Å². The van der Waals surface area contributed by atoms with Crippen molar-refractivity contribution in [3.8, 4) is 0 Å². The fraction of sp³-hybridized carbons (Fsp3) is 0.643. The van der Waals surface area contributed by atoms with E-state index in [9.17, 15) is 38.4 Å². The first-order valence-corrected chi connectivity index (χ1v) is 26.5. The molecule has 1 saturated carbocycles. The molecule has 1 aliphatic carbocycles. The molecule has 0 unspecified atom stereocenters. The van der Waals surface area contributed by atoms with Crippen LogP contribution in [0.3, 0.4) is 0 Å². The zero-order valence-electron chi connectivity index (χ0n) is 46.2. The molecule has 0 spiro atoms. The van der Waals surface area contributed by atoms with Gasteiger partial charge in [0.25, 0.3) is 0 Å². The number of nitrogens with zero attached hydrogens (tertiary/aromatic N) is 2. The second-order valence-electron chi connectivity index (χ2n) is 23.6. The third kappa shape index (κ3) is 13.7. The molecule has 2 saturated heterocycles. The molecule has 8 amide bonds. The van der Waals surface area contributed by atoms with Gasteiger partial charge in [0.05, 0.1) is 29.6 Å². The highest BCUT2D eigenvalue weighted by atomic mass is 16.2. The predicted octanol–water partition coefficient (Wildman–Crippen LogP) is 3.64. The van der Waals surface area contributed by atoms with Crippen molar-refractivity contribution in [2.24, 2.45) is 27.6 Å². The van der Waals surface area contributed by atoms with Crippen LogP contribution >= 0.6 is 0 Å². The molecule has 2 aromatic rings. The summed E-state index contributed by atoms with van der Waals surface area (Å²) in [6.45, 7) is 21.2. The van der Waals surface area contributed by atoms with Crippen LogP contribution in [0.25, 0.3) is 0 Å². The molecule has 0 bridgehead atoms. The molecule has 74 heavy (non-hydrogen) atoms. The third-order valence-corrected chi connectivity index (χ3v) is 16.2. The highest BCUT2D eigenvalue weighted by molar-refractivity contribution is 5.95. The Labute approximate surface area is 439 Å². The van der Waals surface area contributed by atoms with Crippen molar-refractivity contribution >= 4 is 47.3 Å². The zero-order chi connectivity index (χ0) is 54.9. The second-order valence-corrected chi connectivity index (χ2v) is 23.6. The Kier molecular flexibility index (Phi) is 19.6. The van der Waals surface area contributed by atoms with Crippen molar-refractivity contribution in [3.05, 3.63) is 71.8 Å². The molecule has 5 rings (SSSR count). The first-order chi connectivity index (χ1) is 34.7. The lowest BCUT2D eigenvalue weighted by Crippen LogP contribution is -2.59. The smallest absolute Gasteiger partial charge is 0.246 e. The van der Waals surface area contributed by atoms with E-state index < -0.39 is 75.9 Å². The minimum atomic E-state index is -0.993. The highest BCUT2D eigenvalue weighted by Gasteiger charge is 2.58. The number of carbonyl (C=O) groups is 8. The Balaban J connectivity index is 1.26. The zero-order valence-corrected chi connectivity index (χ0v) is 46.2. The van der Waals surface area contributed by atoms with E-state index >= 15 is 0 Å². The molecule has 2 heterocycles. The maximum Gasteiger partial charge on any atom is 0.246 e. The maximum absolute atomic E-state index is 14.5. The fourth-order valence-electron chi connectivity index (χ4n) is 10.5. The first-order valence-electron chi connectivity index (χ1n) is 26.5. The van der Waals surface area contributed by atoms with Crippen molar-refractivity contribution < 1.29 is 38.4 Å². The monoisotopic (exact) mass is 1030 g/mol. The van der Waals surface area contributed by atoms with Gasteiger partial charge in [-0.25, -0.2) is 0 Å². The average molecular weight is 1030 g/mol. The molecule has 3 fully saturated rings. The van der Waals surface area contributed by atoms with Crippen molar-refractivity contribution in [1.82, 2.24) is 52.3 Å². The molecular weight excluding hydrogens is 941 g/mol. The van der Waals surface area contributed by atoms with E-state index in [4.69, 9.17) is 0 Å². The van der Waals surface area contributed by atoms with E-state index in [1.165, 1.54) is 0 Å². The molecule has 2 aliphatic heterocycles. The van der Waals surface area contributed by atoms with Gasteiger partial charge in [0.2, 0.25) is 47.3 Å². The second kappa shape index (κ2) is 24.6. The molecule has 3 aliphatic rings. The van der Waals surface area contributed by atoms with E-state index in [0.717, 1.165) is 11.1 Å². The van der Waals surface area contributed by atoms with Gasteiger partial charge in [-0.15, -0.1) is 0 Å². The van der Waals surface area contributed by atoms with Gasteiger partial charge in [0.15, 0.2) is 0 Å². The number of likely N-dealkylation sites (tertiary alicyclic amines) is 2. The van der Waals surface area contributed by atoms with Gasteiger partial charge in [0.1, 0.15) is 24.2 Å². The van der Waals surface area contributed by atoms with Gasteiger partial charge in [-0.1, -0.05) is 123 Å². The maximum atomic E-state index is 14.5. The van der Waals surface area contributed by atoms with E-state index in [2.05, 4.69) is 42.5 Å². The topological polar surface area (TPSA) is 239 Å². The van der Waals surface area contributed by atoms with E-state index in [1.54, 1.807) is 37.7 Å². The Morgan fingerprint density at radius 1 is 0.568 bits per heavy atom. The van der Waals surface area contributed by atoms with Gasteiger partial charge >= 0.3 is 0 Å². The molecule has 0 aromatic heterocycles. The first kappa shape index (κ1) is 59.0. The van der Waals surface area contributed by atoms with Gasteiger partial charge < -0.3 is 52.3 Å². The van der Waals surface area contributed by atoms with Gasteiger partial charge in [-0.3, -0.25) is 38.4 Å². The predicted molar refractivity (Wildman–Crippen MR) is 285 cm³/mol. The number of rotatable bonds is 20. The molecule has 18 nitrogen and oxygen atoms in total. The molecule has 408 valence electrons. The quantitative estimate of drug-likeness (QED) is 0.0959. The Morgan fingerprint density at radius 3 is 1.34 bits per heavy atom. The number of benzene rings is 2. The van der Waals surface area contributed by atoms with Crippen LogP contribution in [0, 0.1) is 27.6 Å². The minimum Gasteiger partial charge on any atom is -0.353 e. The fourth-order valence-corrected chi connectivity index (χ4v) is 10.5. The van der Waals surface area contributed by atoms with Crippen molar-refractivity contribution in [2.75, 3.05) is 40.3 Å². The van der Waals surface area contributed by atoms with Crippen molar-refractivity contribution in [3.63, 3.8) is 0 Å². The number of hydrogen-bond donors (Lipinski definition) is 8. The lowest BCUT2D eigenvalue weighted by Gasteiger charge is -2.40. The van der Waals surface area contributed by atoms with Crippen LogP contribution in [-0.4, -0.2) is 134 Å². The van der Waals surface area contributed by atoms with Crippen LogP contribution in [0.2, 0.25) is 0 Å². The summed E-state index contributed by atoms with van der Waals surface area (Å²) in [4.78, 5) is 115. The average Bonchev–Trinajstić information content (AvgIpc) is 4.12. The van der Waals surface area contributed by atoms with Crippen molar-refractivity contribution in [1.29, 1.82) is 0 Å². The van der Waals surface area contributed by atoms with Crippen LogP contribution in [0.15, 0.2) is 60.7 Å². The van der Waals surface area contributed by atoms with Gasteiger partial charge in [-0.05, 0) is 93.8 Å². The number of amides is 8. The Morgan fingerprint density at radius 2 is 0.959 bits per heavy atom. The summed E-state index contributed by atoms with van der Waals surface area (Å²) in [5.41, 5.74) is -1.58. The number of nitrogens with one attached hydrogen (secondary N) is 8. The number of carbonyl (C=O) groups excluding carboxylic acids is 8. The largest absolute Gasteiger partial charge is 0.353 e. The minimum absolute atomic E-state index is 0.0455. The molecule has 8 N–H and O–H groups in total. The van der Waals surface area contributed by atoms with Gasteiger partial charge in [-0.2, -0.15) is 0 Å². The summed E-state index contributed by atoms with van der Waals surface area (Å²) in [7, 11) is 3.34. The molecule has 10 atom stereocenters. The summed E-state index contributed by atoms with van der Waals surface area (Å²) in [6.07, 6.45) is 2.94.